The summed E-state index contributed by atoms with van der Waals surface area (Å²) in [6, 6.07) is 0. The highest BCUT2D eigenvalue weighted by Crippen LogP contribution is 2.30. The minimum atomic E-state index is 0.238. The predicted octanol–water partition coefficient (Wildman–Crippen LogP) is 4.79. The van der Waals surface area contributed by atoms with Gasteiger partial charge in [0.25, 0.3) is 0 Å². The van der Waals surface area contributed by atoms with Crippen molar-refractivity contribution in [3.05, 3.63) is 58.8 Å². The van der Waals surface area contributed by atoms with Gasteiger partial charge in [0.05, 0.1) is 0 Å². The first-order valence-electron chi connectivity index (χ1n) is 5.35. The molecule has 0 nitrogen and oxygen atoms in total. The third-order valence-electron chi connectivity index (χ3n) is 2.73. The van der Waals surface area contributed by atoms with E-state index < -0.39 is 0 Å². The Kier molecular flexibility index (Phi) is 6.78. The van der Waals surface area contributed by atoms with E-state index in [9.17, 15) is 0 Å². The Hall–Kier alpha value is -1.05. The van der Waals surface area contributed by atoms with E-state index in [-0.39, 0.29) is 5.92 Å². The molecule has 86 valence electrons. The molecule has 0 aromatic rings. The molecule has 0 amide bonds. The van der Waals surface area contributed by atoms with E-state index in [1.54, 1.807) is 0 Å². The van der Waals surface area contributed by atoms with E-state index in [0.29, 0.717) is 0 Å². The van der Waals surface area contributed by atoms with Crippen LogP contribution in [0.15, 0.2) is 58.8 Å². The van der Waals surface area contributed by atoms with Crippen molar-refractivity contribution in [2.75, 3.05) is 0 Å². The minimum Gasteiger partial charge on any atom is -0.132 e. The van der Waals surface area contributed by atoms with Crippen LogP contribution < -0.4 is 0 Å². The Balaban J connectivity index is 5.47. The van der Waals surface area contributed by atoms with Gasteiger partial charge in [-0.1, -0.05) is 31.7 Å². The summed E-state index contributed by atoms with van der Waals surface area (Å²) in [5, 5.41) is 1.16. The summed E-state index contributed by atoms with van der Waals surface area (Å²) >= 11 is 0. The lowest BCUT2D eigenvalue weighted by Crippen LogP contribution is -1.97. The molecule has 2 atom stereocenters. The second-order valence-electron chi connectivity index (χ2n) is 3.76. The van der Waals surface area contributed by atoms with E-state index in [4.69, 9.17) is 0 Å². The summed E-state index contributed by atoms with van der Waals surface area (Å²) in [7, 11) is 2.78. The molecule has 0 aliphatic rings. The molecule has 0 rings (SSSR count). The molecule has 0 aliphatic carbocycles. The molecule has 0 saturated heterocycles. The normalized spacial score (nSPS) is 14.4. The molecule has 0 aromatic carbocycles. The molecule has 16 heavy (non-hydrogen) atoms. The number of rotatable bonds is 4. The summed E-state index contributed by atoms with van der Waals surface area (Å²) in [4.78, 5) is 0. The van der Waals surface area contributed by atoms with Gasteiger partial charge in [0.2, 0.25) is 0 Å². The van der Waals surface area contributed by atoms with Gasteiger partial charge in [-0.05, 0) is 37.7 Å². The molecular weight excluding hydrogens is 211 g/mol. The smallest absolute Gasteiger partial charge is 0.0145 e. The van der Waals surface area contributed by atoms with Crippen LogP contribution in [-0.2, 0) is 0 Å². The van der Waals surface area contributed by atoms with Crippen molar-refractivity contribution >= 4 is 9.24 Å². The number of allylic oxidation sites excluding steroid dienone is 6. The molecule has 1 heteroatoms. The number of hydrogen-bond acceptors (Lipinski definition) is 0. The molecular formula is C15H21P. The van der Waals surface area contributed by atoms with Crippen LogP contribution in [0.2, 0.25) is 0 Å². The Morgan fingerprint density at radius 1 is 1.31 bits per heavy atom. The lowest BCUT2D eigenvalue weighted by Gasteiger charge is -2.13. The molecule has 2 unspecified atom stereocenters. The topological polar surface area (TPSA) is 0 Å². The summed E-state index contributed by atoms with van der Waals surface area (Å²) in [5.74, 6) is 0.238. The third-order valence-corrected chi connectivity index (χ3v) is 3.48. The van der Waals surface area contributed by atoms with Gasteiger partial charge in [0, 0.05) is 11.5 Å². The van der Waals surface area contributed by atoms with Gasteiger partial charge in [0.1, 0.15) is 0 Å². The quantitative estimate of drug-likeness (QED) is 0.371. The van der Waals surface area contributed by atoms with Gasteiger partial charge in [-0.2, -0.15) is 0 Å². The minimum absolute atomic E-state index is 0.238. The van der Waals surface area contributed by atoms with Gasteiger partial charge in [-0.3, -0.25) is 0 Å². The molecule has 0 saturated carbocycles. The molecule has 0 heterocycles. The average Bonchev–Trinajstić information content (AvgIpc) is 2.28. The van der Waals surface area contributed by atoms with Crippen molar-refractivity contribution < 1.29 is 0 Å². The maximum atomic E-state index is 3.76. The van der Waals surface area contributed by atoms with E-state index in [1.807, 2.05) is 13.0 Å². The Morgan fingerprint density at radius 2 is 1.88 bits per heavy atom. The van der Waals surface area contributed by atoms with E-state index in [0.717, 1.165) is 10.9 Å². The van der Waals surface area contributed by atoms with Crippen LogP contribution in [-0.4, -0.2) is 0 Å². The van der Waals surface area contributed by atoms with Crippen LogP contribution in [0, 0.1) is 5.92 Å². The zero-order valence-electron chi connectivity index (χ0n) is 10.7. The fourth-order valence-corrected chi connectivity index (χ4v) is 1.99. The summed E-state index contributed by atoms with van der Waals surface area (Å²) < 4.78 is 0. The zero-order valence-corrected chi connectivity index (χ0v) is 11.9. The Labute approximate surface area is 102 Å². The molecule has 0 aliphatic heterocycles. The zero-order chi connectivity index (χ0) is 12.7. The lowest BCUT2D eigenvalue weighted by atomic mass is 9.97. The van der Waals surface area contributed by atoms with E-state index in [1.165, 1.54) is 11.1 Å². The Bertz CT molecular complexity index is 409. The summed E-state index contributed by atoms with van der Waals surface area (Å²) in [6.07, 6.45) is 4.03. The largest absolute Gasteiger partial charge is 0.132 e. The third kappa shape index (κ3) is 3.84. The van der Waals surface area contributed by atoms with Gasteiger partial charge in [-0.15, -0.1) is 20.7 Å². The summed E-state index contributed by atoms with van der Waals surface area (Å²) in [5.41, 5.74) is 9.42. The van der Waals surface area contributed by atoms with Crippen LogP contribution in [0.25, 0.3) is 0 Å². The molecule has 0 bridgehead atoms. The fraction of sp³-hybridized carbons (Fsp3) is 0.333. The molecule has 0 N–H and O–H groups in total. The van der Waals surface area contributed by atoms with E-state index >= 15 is 0 Å². The van der Waals surface area contributed by atoms with Crippen molar-refractivity contribution in [3.8, 4) is 0 Å². The maximum Gasteiger partial charge on any atom is 0.0145 e. The first-order chi connectivity index (χ1) is 7.49. The van der Waals surface area contributed by atoms with Crippen molar-refractivity contribution in [2.24, 2.45) is 5.92 Å². The van der Waals surface area contributed by atoms with Crippen LogP contribution >= 0.6 is 9.24 Å². The van der Waals surface area contributed by atoms with E-state index in [2.05, 4.69) is 60.7 Å². The van der Waals surface area contributed by atoms with Crippen molar-refractivity contribution in [2.45, 2.75) is 27.7 Å². The van der Waals surface area contributed by atoms with Crippen LogP contribution in [0.1, 0.15) is 27.7 Å². The van der Waals surface area contributed by atoms with Crippen LogP contribution in [0.4, 0.5) is 0 Å². The Morgan fingerprint density at radius 3 is 2.25 bits per heavy atom. The second-order valence-corrected chi connectivity index (χ2v) is 4.34. The SMILES string of the molecule is C=C=CC(C)C(=C=C)/C(P)=C(C)/C(C)=C/C. The fourth-order valence-electron chi connectivity index (χ4n) is 1.39. The molecule has 0 radical (unpaired) electrons. The molecule has 0 aromatic heterocycles. The second kappa shape index (κ2) is 7.26. The molecule has 0 spiro atoms. The first kappa shape index (κ1) is 14.9. The average molecular weight is 232 g/mol. The predicted molar refractivity (Wildman–Crippen MR) is 77.4 cm³/mol. The highest BCUT2D eigenvalue weighted by molar-refractivity contribution is 7.23. The van der Waals surface area contributed by atoms with Crippen molar-refractivity contribution in [1.82, 2.24) is 0 Å². The van der Waals surface area contributed by atoms with Gasteiger partial charge in [-0.25, -0.2) is 0 Å². The highest BCUT2D eigenvalue weighted by Gasteiger charge is 2.10. The van der Waals surface area contributed by atoms with Crippen LogP contribution in [0.3, 0.4) is 0 Å². The summed E-state index contributed by atoms with van der Waals surface area (Å²) in [6.45, 7) is 15.7. The van der Waals surface area contributed by atoms with Crippen molar-refractivity contribution in [3.63, 3.8) is 0 Å². The van der Waals surface area contributed by atoms with Gasteiger partial charge >= 0.3 is 0 Å². The highest BCUT2D eigenvalue weighted by atomic mass is 31.0. The monoisotopic (exact) mass is 232 g/mol. The maximum absolute atomic E-state index is 3.76. The molecule has 0 fully saturated rings. The lowest BCUT2D eigenvalue weighted by molar-refractivity contribution is 0.888. The van der Waals surface area contributed by atoms with Gasteiger partial charge < -0.3 is 0 Å². The van der Waals surface area contributed by atoms with Crippen molar-refractivity contribution in [1.29, 1.82) is 0 Å². The first-order valence-corrected chi connectivity index (χ1v) is 5.93. The number of hydrogen-bond donors (Lipinski definition) is 0. The van der Waals surface area contributed by atoms with Gasteiger partial charge in [0.15, 0.2) is 0 Å². The van der Waals surface area contributed by atoms with Crippen LogP contribution in [0.5, 0.6) is 0 Å². The standard InChI is InChI=1S/C15H21P/c1-7-10-12(5)14(9-3)15(16)13(6)11(4)8-2/h8,10,12H,1,3,16H2,2,4-6H3/b11-8+,15-13-.